The van der Waals surface area contributed by atoms with Crippen LogP contribution in [0, 0.1) is 16.3 Å². The molecule has 0 spiro atoms. The summed E-state index contributed by atoms with van der Waals surface area (Å²) in [6.07, 6.45) is 2.75. The maximum absolute atomic E-state index is 14.8. The molecule has 0 aliphatic heterocycles. The highest BCUT2D eigenvalue weighted by Crippen LogP contribution is 2.29. The number of nitrogens with zero attached hydrogens (tertiary/aromatic N) is 2. The van der Waals surface area contributed by atoms with Crippen molar-refractivity contribution in [1.29, 1.82) is 0 Å². The average Bonchev–Trinajstić information content (AvgIpc) is 3.31. The molecular formula is C27H24FIN2O5S. The summed E-state index contributed by atoms with van der Waals surface area (Å²) >= 11 is 2.02. The topological polar surface area (TPSA) is 87.5 Å². The molecule has 0 unspecified atom stereocenters. The molecule has 10 heteroatoms. The van der Waals surface area contributed by atoms with Gasteiger partial charge in [0.2, 0.25) is 0 Å². The number of Topliss-reactive ketones (excluding diaryl/α,β-unsaturated/α-hetero) is 1. The number of carbonyl (C=O) groups is 1. The summed E-state index contributed by atoms with van der Waals surface area (Å²) in [6.45, 7) is 5.54. The number of halogens is 2. The average molecular weight is 634 g/mol. The largest absolute Gasteiger partial charge is 0.499 e. The smallest absolute Gasteiger partial charge is 0.283 e. The molecule has 0 bridgehead atoms. The first-order valence-corrected chi connectivity index (χ1v) is 13.8. The van der Waals surface area contributed by atoms with Crippen molar-refractivity contribution >= 4 is 49.3 Å². The second-order valence-corrected chi connectivity index (χ2v) is 11.3. The predicted octanol–water partition coefficient (Wildman–Crippen LogP) is 5.28. The Bertz CT molecular complexity index is 1570. The number of hydrogen-bond donors (Lipinski definition) is 0. The van der Waals surface area contributed by atoms with Crippen molar-refractivity contribution in [2.75, 3.05) is 19.8 Å². The van der Waals surface area contributed by atoms with Gasteiger partial charge in [-0.1, -0.05) is 30.3 Å². The molecule has 3 aromatic carbocycles. The van der Waals surface area contributed by atoms with Crippen molar-refractivity contribution in [3.63, 3.8) is 0 Å². The lowest BCUT2D eigenvalue weighted by Crippen LogP contribution is -2.16. The summed E-state index contributed by atoms with van der Waals surface area (Å²) < 4.78 is 53.6. The molecule has 37 heavy (non-hydrogen) atoms. The lowest BCUT2D eigenvalue weighted by Gasteiger charge is -2.13. The molecule has 7 nitrogen and oxygen atoms in total. The third-order valence-corrected chi connectivity index (χ3v) is 8.04. The first-order valence-electron chi connectivity index (χ1n) is 11.3. The fourth-order valence-corrected chi connectivity index (χ4v) is 5.60. The van der Waals surface area contributed by atoms with Gasteiger partial charge in [0.25, 0.3) is 10.0 Å². The van der Waals surface area contributed by atoms with Gasteiger partial charge in [-0.3, -0.25) is 4.79 Å². The van der Waals surface area contributed by atoms with E-state index >= 15 is 0 Å². The standard InChI is InChI=1S/C27H24FIN2O5S/c1-3-35-12-13-36-17-27(32)22-10-11-26-24(23(22)14-19-6-7-20(29)15-25(19)28)16-30-31(26)37(33,34)21-8-4-18(2)5-9-21/h3-11,15-16H,1,12-14,17H2,2H3. The molecule has 0 atom stereocenters. The summed E-state index contributed by atoms with van der Waals surface area (Å²) in [5.74, 6) is -0.740. The van der Waals surface area contributed by atoms with Gasteiger partial charge in [0.15, 0.2) is 5.78 Å². The molecule has 0 fully saturated rings. The van der Waals surface area contributed by atoms with E-state index in [0.29, 0.717) is 27.6 Å². The summed E-state index contributed by atoms with van der Waals surface area (Å²) in [5.41, 5.74) is 2.36. The lowest BCUT2D eigenvalue weighted by molar-refractivity contribution is 0.0638. The van der Waals surface area contributed by atoms with Crippen molar-refractivity contribution in [3.05, 3.63) is 105 Å². The van der Waals surface area contributed by atoms with Gasteiger partial charge in [0.1, 0.15) is 19.0 Å². The SMILES string of the molecule is C=COCCOCC(=O)c1ccc2c(cnn2S(=O)(=O)c2ccc(C)cc2)c1Cc1ccc(I)cc1F. The van der Waals surface area contributed by atoms with E-state index in [1.54, 1.807) is 24.3 Å². The molecule has 0 amide bonds. The molecule has 0 N–H and O–H groups in total. The number of fused-ring (bicyclic) bond motifs is 1. The molecule has 0 aliphatic rings. The molecule has 4 rings (SSSR count). The maximum Gasteiger partial charge on any atom is 0.283 e. The Hall–Kier alpha value is -3.09. The van der Waals surface area contributed by atoms with Gasteiger partial charge in [-0.05, 0) is 77.0 Å². The van der Waals surface area contributed by atoms with Crippen molar-refractivity contribution in [2.24, 2.45) is 0 Å². The van der Waals surface area contributed by atoms with Gasteiger partial charge in [-0.2, -0.15) is 17.6 Å². The molecule has 0 saturated heterocycles. The molecule has 1 aromatic heterocycles. The van der Waals surface area contributed by atoms with Gasteiger partial charge in [-0.25, -0.2) is 4.39 Å². The predicted molar refractivity (Wildman–Crippen MR) is 147 cm³/mol. The van der Waals surface area contributed by atoms with Crippen molar-refractivity contribution in [1.82, 2.24) is 9.19 Å². The molecule has 4 aromatic rings. The third-order valence-electron chi connectivity index (χ3n) is 5.76. The number of ether oxygens (including phenoxy) is 2. The first kappa shape index (κ1) is 27.0. The number of carbonyl (C=O) groups excluding carboxylic acids is 1. The van der Waals surface area contributed by atoms with Crippen LogP contribution in [0.15, 0.2) is 78.5 Å². The van der Waals surface area contributed by atoms with E-state index < -0.39 is 15.8 Å². The lowest BCUT2D eigenvalue weighted by atomic mass is 9.94. The van der Waals surface area contributed by atoms with Gasteiger partial charge in [0, 0.05) is 20.9 Å². The van der Waals surface area contributed by atoms with E-state index in [2.05, 4.69) is 11.7 Å². The minimum absolute atomic E-state index is 0.0665. The van der Waals surface area contributed by atoms with Crippen LogP contribution in [0.3, 0.4) is 0 Å². The molecule has 0 saturated carbocycles. The van der Waals surface area contributed by atoms with Crippen LogP contribution in [0.1, 0.15) is 27.0 Å². The van der Waals surface area contributed by atoms with Crippen LogP contribution in [0.4, 0.5) is 4.39 Å². The van der Waals surface area contributed by atoms with Gasteiger partial charge in [0.05, 0.1) is 29.5 Å². The minimum Gasteiger partial charge on any atom is -0.499 e. The van der Waals surface area contributed by atoms with Gasteiger partial charge in [-0.15, -0.1) is 0 Å². The Morgan fingerprint density at radius 3 is 2.59 bits per heavy atom. The Kier molecular flexibility index (Phi) is 8.40. The number of ketones is 1. The van der Waals surface area contributed by atoms with Crippen LogP contribution in [0.5, 0.6) is 0 Å². The summed E-state index contributed by atoms with van der Waals surface area (Å²) in [4.78, 5) is 13.2. The number of aromatic nitrogens is 2. The van der Waals surface area contributed by atoms with Crippen LogP contribution >= 0.6 is 22.6 Å². The van der Waals surface area contributed by atoms with E-state index in [-0.39, 0.29) is 36.9 Å². The quantitative estimate of drug-likeness (QED) is 0.0967. The highest BCUT2D eigenvalue weighted by atomic mass is 127. The highest BCUT2D eigenvalue weighted by Gasteiger charge is 2.24. The van der Waals surface area contributed by atoms with Crippen molar-refractivity contribution < 1.29 is 27.1 Å². The van der Waals surface area contributed by atoms with Gasteiger partial charge >= 0.3 is 0 Å². The zero-order valence-electron chi connectivity index (χ0n) is 20.0. The van der Waals surface area contributed by atoms with Crippen molar-refractivity contribution in [3.8, 4) is 0 Å². The minimum atomic E-state index is -4.00. The van der Waals surface area contributed by atoms with Crippen molar-refractivity contribution in [2.45, 2.75) is 18.2 Å². The fourth-order valence-electron chi connectivity index (χ4n) is 3.88. The fraction of sp³-hybridized carbons (Fsp3) is 0.185. The van der Waals surface area contributed by atoms with Gasteiger partial charge < -0.3 is 9.47 Å². The second-order valence-electron chi connectivity index (χ2n) is 8.26. The highest BCUT2D eigenvalue weighted by molar-refractivity contribution is 14.1. The molecular weight excluding hydrogens is 610 g/mol. The molecule has 0 aliphatic carbocycles. The van der Waals surface area contributed by atoms with Crippen LogP contribution in [-0.4, -0.2) is 43.2 Å². The van der Waals surface area contributed by atoms with Crippen LogP contribution in [0.2, 0.25) is 0 Å². The second kappa shape index (κ2) is 11.5. The monoisotopic (exact) mass is 634 g/mol. The van der Waals surface area contributed by atoms with E-state index in [4.69, 9.17) is 9.47 Å². The zero-order chi connectivity index (χ0) is 26.6. The Morgan fingerprint density at radius 2 is 1.89 bits per heavy atom. The van der Waals surface area contributed by atoms with E-state index in [1.165, 1.54) is 42.8 Å². The third kappa shape index (κ3) is 5.91. The Labute approximate surface area is 228 Å². The van der Waals surface area contributed by atoms with Crippen LogP contribution < -0.4 is 0 Å². The molecule has 1 heterocycles. The normalized spacial score (nSPS) is 11.5. The molecule has 0 radical (unpaired) electrons. The van der Waals surface area contributed by atoms with Crippen LogP contribution in [-0.2, 0) is 25.9 Å². The van der Waals surface area contributed by atoms with E-state index in [1.807, 2.05) is 29.5 Å². The summed E-state index contributed by atoms with van der Waals surface area (Å²) in [6, 6.07) is 14.4. The Morgan fingerprint density at radius 1 is 1.14 bits per heavy atom. The van der Waals surface area contributed by atoms with E-state index in [9.17, 15) is 17.6 Å². The number of rotatable bonds is 11. The Balaban J connectivity index is 1.78. The number of aryl methyl sites for hydroxylation is 1. The summed E-state index contributed by atoms with van der Waals surface area (Å²) in [5, 5.41) is 4.61. The van der Waals surface area contributed by atoms with Crippen LogP contribution in [0.25, 0.3) is 10.9 Å². The molecule has 192 valence electrons. The summed E-state index contributed by atoms with van der Waals surface area (Å²) in [7, 11) is -4.00. The number of hydrogen-bond acceptors (Lipinski definition) is 6. The van der Waals surface area contributed by atoms with E-state index in [0.717, 1.165) is 13.2 Å². The first-order chi connectivity index (χ1) is 17.7. The number of benzene rings is 3. The zero-order valence-corrected chi connectivity index (χ0v) is 23.0. The maximum atomic E-state index is 14.8.